The molecule has 3 heteroatoms. The predicted octanol–water partition coefficient (Wildman–Crippen LogP) is 3.62. The zero-order valence-electron chi connectivity index (χ0n) is 11.0. The molecule has 0 saturated heterocycles. The molecule has 0 aromatic heterocycles. The van der Waals surface area contributed by atoms with Crippen LogP contribution in [0.5, 0.6) is 0 Å². The van der Waals surface area contributed by atoms with Crippen molar-refractivity contribution in [2.45, 2.75) is 20.0 Å². The SMILES string of the molecule is CC(=N)ON(Cc1ccccc1)Cc1ccccc1. The Bertz CT molecular complexity index is 469. The molecular weight excluding hydrogens is 236 g/mol. The van der Waals surface area contributed by atoms with E-state index in [9.17, 15) is 0 Å². The van der Waals surface area contributed by atoms with Gasteiger partial charge < -0.3 is 4.84 Å². The maximum absolute atomic E-state index is 7.49. The third kappa shape index (κ3) is 4.56. The van der Waals surface area contributed by atoms with Gasteiger partial charge >= 0.3 is 0 Å². The molecule has 0 fully saturated rings. The molecule has 1 N–H and O–H groups in total. The Balaban J connectivity index is 2.06. The number of hydroxylamine groups is 2. The van der Waals surface area contributed by atoms with Crippen molar-refractivity contribution in [3.05, 3.63) is 71.8 Å². The fourth-order valence-corrected chi connectivity index (χ4v) is 1.89. The molecule has 0 heterocycles. The fraction of sp³-hybridized carbons (Fsp3) is 0.188. The Morgan fingerprint density at radius 2 is 1.32 bits per heavy atom. The van der Waals surface area contributed by atoms with Crippen molar-refractivity contribution < 1.29 is 4.84 Å². The minimum atomic E-state index is 0.201. The van der Waals surface area contributed by atoms with Crippen LogP contribution < -0.4 is 0 Å². The Labute approximate surface area is 113 Å². The fourth-order valence-electron chi connectivity index (χ4n) is 1.89. The highest BCUT2D eigenvalue weighted by Crippen LogP contribution is 2.10. The molecule has 0 aliphatic rings. The van der Waals surface area contributed by atoms with E-state index in [1.165, 1.54) is 11.1 Å². The van der Waals surface area contributed by atoms with Gasteiger partial charge in [-0.05, 0) is 11.1 Å². The van der Waals surface area contributed by atoms with Gasteiger partial charge in [-0.2, -0.15) is 0 Å². The van der Waals surface area contributed by atoms with Gasteiger partial charge in [0.05, 0.1) is 13.1 Å². The summed E-state index contributed by atoms with van der Waals surface area (Å²) in [6, 6.07) is 20.2. The molecule has 0 radical (unpaired) electrons. The molecule has 2 aromatic rings. The lowest BCUT2D eigenvalue weighted by Crippen LogP contribution is -2.25. The summed E-state index contributed by atoms with van der Waals surface area (Å²) < 4.78 is 0. The molecule has 98 valence electrons. The van der Waals surface area contributed by atoms with Gasteiger partial charge in [-0.1, -0.05) is 60.7 Å². The Morgan fingerprint density at radius 3 is 1.68 bits per heavy atom. The minimum absolute atomic E-state index is 0.201. The van der Waals surface area contributed by atoms with E-state index in [2.05, 4.69) is 24.3 Å². The van der Waals surface area contributed by atoms with Gasteiger partial charge in [0.15, 0.2) is 0 Å². The second-order valence-electron chi connectivity index (χ2n) is 4.42. The van der Waals surface area contributed by atoms with Crippen molar-refractivity contribution in [2.24, 2.45) is 0 Å². The molecule has 3 nitrogen and oxygen atoms in total. The normalized spacial score (nSPS) is 10.4. The van der Waals surface area contributed by atoms with Gasteiger partial charge in [-0.25, -0.2) is 0 Å². The largest absolute Gasteiger partial charge is 0.391 e. The van der Waals surface area contributed by atoms with E-state index in [-0.39, 0.29) is 5.90 Å². The smallest absolute Gasteiger partial charge is 0.203 e. The molecule has 2 aromatic carbocycles. The van der Waals surface area contributed by atoms with Crippen molar-refractivity contribution >= 4 is 5.90 Å². The Hall–Kier alpha value is -2.13. The molecule has 0 aliphatic carbocycles. The predicted molar refractivity (Wildman–Crippen MR) is 76.6 cm³/mol. The second kappa shape index (κ2) is 6.71. The minimum Gasteiger partial charge on any atom is -0.391 e. The van der Waals surface area contributed by atoms with Gasteiger partial charge in [0.25, 0.3) is 0 Å². The first-order valence-corrected chi connectivity index (χ1v) is 6.30. The highest BCUT2D eigenvalue weighted by molar-refractivity contribution is 5.68. The first-order chi connectivity index (χ1) is 9.24. The van der Waals surface area contributed by atoms with Crippen molar-refractivity contribution in [1.29, 1.82) is 5.41 Å². The molecule has 2 rings (SSSR count). The summed E-state index contributed by atoms with van der Waals surface area (Å²) in [7, 11) is 0. The van der Waals surface area contributed by atoms with Crippen LogP contribution in [0.3, 0.4) is 0 Å². The summed E-state index contributed by atoms with van der Waals surface area (Å²) in [5, 5.41) is 9.29. The van der Waals surface area contributed by atoms with Crippen LogP contribution in [0.25, 0.3) is 0 Å². The lowest BCUT2D eigenvalue weighted by atomic mass is 10.2. The van der Waals surface area contributed by atoms with Crippen LogP contribution in [0.15, 0.2) is 60.7 Å². The van der Waals surface area contributed by atoms with Crippen LogP contribution in [0.4, 0.5) is 0 Å². The van der Waals surface area contributed by atoms with Gasteiger partial charge in [0.2, 0.25) is 5.90 Å². The summed E-state index contributed by atoms with van der Waals surface area (Å²) >= 11 is 0. The molecule has 0 atom stereocenters. The maximum Gasteiger partial charge on any atom is 0.203 e. The van der Waals surface area contributed by atoms with E-state index in [1.54, 1.807) is 12.0 Å². The molecule has 0 amide bonds. The average Bonchev–Trinajstić information content (AvgIpc) is 2.40. The van der Waals surface area contributed by atoms with Crippen LogP contribution in [-0.4, -0.2) is 11.0 Å². The lowest BCUT2D eigenvalue weighted by molar-refractivity contribution is -0.0918. The number of nitrogens with one attached hydrogen (secondary N) is 1. The number of rotatable bonds is 5. The second-order valence-corrected chi connectivity index (χ2v) is 4.42. The van der Waals surface area contributed by atoms with Crippen LogP contribution in [0.2, 0.25) is 0 Å². The first kappa shape index (κ1) is 13.3. The molecule has 0 bridgehead atoms. The lowest BCUT2D eigenvalue weighted by Gasteiger charge is -2.21. The maximum atomic E-state index is 7.49. The number of nitrogens with zero attached hydrogens (tertiary/aromatic N) is 1. The topological polar surface area (TPSA) is 36.3 Å². The number of hydrogen-bond acceptors (Lipinski definition) is 3. The molecule has 19 heavy (non-hydrogen) atoms. The van der Waals surface area contributed by atoms with Crippen LogP contribution in [0.1, 0.15) is 18.1 Å². The molecule has 0 unspecified atom stereocenters. The van der Waals surface area contributed by atoms with E-state index in [4.69, 9.17) is 10.2 Å². The summed E-state index contributed by atoms with van der Waals surface area (Å²) in [4.78, 5) is 5.47. The summed E-state index contributed by atoms with van der Waals surface area (Å²) in [6.07, 6.45) is 0. The van der Waals surface area contributed by atoms with Crippen molar-refractivity contribution in [3.8, 4) is 0 Å². The molecule has 0 aliphatic heterocycles. The molecule has 0 spiro atoms. The third-order valence-electron chi connectivity index (χ3n) is 2.67. The van der Waals surface area contributed by atoms with E-state index in [1.807, 2.05) is 36.4 Å². The third-order valence-corrected chi connectivity index (χ3v) is 2.67. The van der Waals surface area contributed by atoms with Crippen LogP contribution in [0, 0.1) is 5.41 Å². The monoisotopic (exact) mass is 254 g/mol. The Kier molecular flexibility index (Phi) is 4.70. The van der Waals surface area contributed by atoms with E-state index < -0.39 is 0 Å². The average molecular weight is 254 g/mol. The number of hydrogen-bond donors (Lipinski definition) is 1. The zero-order valence-corrected chi connectivity index (χ0v) is 11.0. The highest BCUT2D eigenvalue weighted by atomic mass is 16.7. The highest BCUT2D eigenvalue weighted by Gasteiger charge is 2.09. The van der Waals surface area contributed by atoms with Gasteiger partial charge in [0.1, 0.15) is 0 Å². The van der Waals surface area contributed by atoms with Crippen molar-refractivity contribution in [2.75, 3.05) is 0 Å². The van der Waals surface area contributed by atoms with Gasteiger partial charge in [-0.15, -0.1) is 5.06 Å². The van der Waals surface area contributed by atoms with E-state index in [0.29, 0.717) is 13.1 Å². The molecular formula is C16H18N2O. The summed E-state index contributed by atoms with van der Waals surface area (Å²) in [5.74, 6) is 0.201. The van der Waals surface area contributed by atoms with Crippen molar-refractivity contribution in [3.63, 3.8) is 0 Å². The Morgan fingerprint density at radius 1 is 0.895 bits per heavy atom. The van der Waals surface area contributed by atoms with Gasteiger partial charge in [0, 0.05) is 6.92 Å². The zero-order chi connectivity index (χ0) is 13.5. The summed E-state index contributed by atoms with van der Waals surface area (Å²) in [5.41, 5.74) is 2.33. The van der Waals surface area contributed by atoms with Crippen LogP contribution in [-0.2, 0) is 17.9 Å². The van der Waals surface area contributed by atoms with Crippen LogP contribution >= 0.6 is 0 Å². The van der Waals surface area contributed by atoms with E-state index in [0.717, 1.165) is 0 Å². The van der Waals surface area contributed by atoms with Crippen molar-refractivity contribution in [1.82, 2.24) is 5.06 Å². The summed E-state index contributed by atoms with van der Waals surface area (Å²) in [6.45, 7) is 2.96. The first-order valence-electron chi connectivity index (χ1n) is 6.30. The standard InChI is InChI=1S/C16H18N2O/c1-14(17)19-18(12-15-8-4-2-5-9-15)13-16-10-6-3-7-11-16/h2-11,17H,12-13H2,1H3. The molecule has 0 saturated carbocycles. The number of benzene rings is 2. The van der Waals surface area contributed by atoms with Gasteiger partial charge in [-0.3, -0.25) is 5.41 Å². The van der Waals surface area contributed by atoms with E-state index >= 15 is 0 Å². The quantitative estimate of drug-likeness (QED) is 0.502.